The van der Waals surface area contributed by atoms with Crippen molar-refractivity contribution in [1.82, 2.24) is 24.3 Å². The van der Waals surface area contributed by atoms with Gasteiger partial charge in [0.25, 0.3) is 0 Å². The zero-order valence-electron chi connectivity index (χ0n) is 31.3. The zero-order chi connectivity index (χ0) is 37.1. The van der Waals surface area contributed by atoms with Crippen molar-refractivity contribution < 1.29 is 0 Å². The Bertz CT molecular complexity index is 3120. The number of H-pyrrole nitrogens is 1. The lowest BCUT2D eigenvalue weighted by Crippen LogP contribution is -2.30. The third-order valence-corrected chi connectivity index (χ3v) is 11.9. The first-order valence-electron chi connectivity index (χ1n) is 19.1. The summed E-state index contributed by atoms with van der Waals surface area (Å²) in [5.41, 5.74) is 14.2. The van der Waals surface area contributed by atoms with Gasteiger partial charge in [-0.15, -0.1) is 0 Å². The average molecular weight is 710 g/mol. The van der Waals surface area contributed by atoms with Crippen molar-refractivity contribution in [3.05, 3.63) is 191 Å². The molecule has 0 spiro atoms. The summed E-state index contributed by atoms with van der Waals surface area (Å²) < 4.78 is 4.67. The van der Waals surface area contributed by atoms with Crippen LogP contribution in [0.2, 0.25) is 0 Å². The Labute approximate surface area is 319 Å². The lowest BCUT2D eigenvalue weighted by molar-refractivity contribution is 0.590. The number of hydrogen-bond donors (Lipinski definition) is 1. The SMILES string of the molecule is Cc1cc(-n2c3ccccc3c3ccc(C4(c5ccc6c7ccccc7n(-c7cccc(C(C)(C)C)c7)c6n5)c5ccccc5-c5ccccc54)cc32)n[nH]1. The van der Waals surface area contributed by atoms with Gasteiger partial charge in [-0.1, -0.05) is 130 Å². The molecule has 6 aromatic carbocycles. The van der Waals surface area contributed by atoms with E-state index in [1.54, 1.807) is 0 Å². The van der Waals surface area contributed by atoms with Crippen molar-refractivity contribution >= 4 is 43.7 Å². The van der Waals surface area contributed by atoms with Gasteiger partial charge >= 0.3 is 0 Å². The standard InChI is InChI=1S/C50H39N5/c1-31-28-47(53-52-31)55-44-23-12-7-18-37(44)39-25-24-33(30-45(39)55)50(41-20-9-5-16-35(41)36-17-6-10-21-42(36)50)46-27-26-40-38-19-8-11-22-43(38)54(48(40)51-46)34-15-13-14-32(29-34)49(2,3)4/h5-30H,1-4H3,(H,52,53). The molecule has 4 aromatic heterocycles. The van der Waals surface area contributed by atoms with Crippen LogP contribution in [0, 0.1) is 6.92 Å². The van der Waals surface area contributed by atoms with Gasteiger partial charge in [0.05, 0.1) is 27.7 Å². The number of pyridine rings is 1. The lowest BCUT2D eigenvalue weighted by atomic mass is 9.69. The molecule has 0 radical (unpaired) electrons. The van der Waals surface area contributed by atoms with Gasteiger partial charge in [-0.25, -0.2) is 4.98 Å². The topological polar surface area (TPSA) is 51.4 Å². The van der Waals surface area contributed by atoms with E-state index in [9.17, 15) is 0 Å². The van der Waals surface area contributed by atoms with Crippen LogP contribution in [0.4, 0.5) is 0 Å². The fourth-order valence-corrected chi connectivity index (χ4v) is 9.36. The maximum absolute atomic E-state index is 5.85. The molecule has 0 aliphatic heterocycles. The number of nitrogens with zero attached hydrogens (tertiary/aromatic N) is 4. The van der Waals surface area contributed by atoms with E-state index in [4.69, 9.17) is 10.1 Å². The first kappa shape index (κ1) is 31.8. The summed E-state index contributed by atoms with van der Waals surface area (Å²) in [6.45, 7) is 8.88. The molecular formula is C50H39N5. The van der Waals surface area contributed by atoms with Crippen LogP contribution >= 0.6 is 0 Å². The van der Waals surface area contributed by atoms with E-state index in [1.165, 1.54) is 44.0 Å². The summed E-state index contributed by atoms with van der Waals surface area (Å²) in [5, 5.41) is 12.7. The molecule has 0 atom stereocenters. The van der Waals surface area contributed by atoms with Gasteiger partial charge < -0.3 is 0 Å². The summed E-state index contributed by atoms with van der Waals surface area (Å²) in [7, 11) is 0. The maximum Gasteiger partial charge on any atom is 0.159 e. The third-order valence-electron chi connectivity index (χ3n) is 11.9. The fraction of sp³-hybridized carbons (Fsp3) is 0.120. The molecule has 264 valence electrons. The molecule has 55 heavy (non-hydrogen) atoms. The molecular weight excluding hydrogens is 671 g/mol. The molecule has 0 fully saturated rings. The van der Waals surface area contributed by atoms with Gasteiger partial charge in [-0.05, 0) is 88.2 Å². The first-order chi connectivity index (χ1) is 26.8. The Morgan fingerprint density at radius 1 is 0.545 bits per heavy atom. The number of aromatic amines is 1. The molecule has 0 saturated heterocycles. The van der Waals surface area contributed by atoms with Gasteiger partial charge in [0.2, 0.25) is 0 Å². The summed E-state index contributed by atoms with van der Waals surface area (Å²) >= 11 is 0. The molecule has 0 bridgehead atoms. The largest absolute Gasteiger partial charge is 0.294 e. The highest BCUT2D eigenvalue weighted by Gasteiger charge is 2.47. The number of benzene rings is 6. The van der Waals surface area contributed by atoms with Crippen molar-refractivity contribution in [2.75, 3.05) is 0 Å². The van der Waals surface area contributed by atoms with Gasteiger partial charge in [-0.3, -0.25) is 14.2 Å². The van der Waals surface area contributed by atoms with E-state index in [2.05, 4.69) is 200 Å². The Hall–Kier alpha value is -6.72. The second kappa shape index (κ2) is 11.4. The molecule has 1 N–H and O–H groups in total. The van der Waals surface area contributed by atoms with Crippen LogP contribution in [-0.2, 0) is 10.8 Å². The van der Waals surface area contributed by atoms with Crippen molar-refractivity contribution in [3.63, 3.8) is 0 Å². The Morgan fingerprint density at radius 3 is 1.85 bits per heavy atom. The quantitative estimate of drug-likeness (QED) is 0.198. The number of fused-ring (bicyclic) bond motifs is 9. The zero-order valence-corrected chi connectivity index (χ0v) is 31.3. The van der Waals surface area contributed by atoms with Gasteiger partial charge in [0.1, 0.15) is 5.65 Å². The highest BCUT2D eigenvalue weighted by atomic mass is 15.2. The van der Waals surface area contributed by atoms with Crippen molar-refractivity contribution in [2.24, 2.45) is 0 Å². The van der Waals surface area contributed by atoms with Gasteiger partial charge in [-0.2, -0.15) is 5.10 Å². The fourth-order valence-electron chi connectivity index (χ4n) is 9.36. The van der Waals surface area contributed by atoms with Gasteiger partial charge in [0.15, 0.2) is 5.82 Å². The molecule has 1 aliphatic carbocycles. The average Bonchev–Trinajstić information content (AvgIpc) is 3.95. The van der Waals surface area contributed by atoms with Crippen LogP contribution < -0.4 is 0 Å². The molecule has 5 nitrogen and oxygen atoms in total. The van der Waals surface area contributed by atoms with Crippen LogP contribution in [0.3, 0.4) is 0 Å². The Balaban J connectivity index is 1.27. The molecule has 10 aromatic rings. The summed E-state index contributed by atoms with van der Waals surface area (Å²) in [4.78, 5) is 5.85. The number of aromatic nitrogens is 5. The van der Waals surface area contributed by atoms with Crippen molar-refractivity contribution in [1.29, 1.82) is 0 Å². The maximum atomic E-state index is 5.85. The van der Waals surface area contributed by atoms with E-state index in [1.807, 2.05) is 0 Å². The van der Waals surface area contributed by atoms with Crippen LogP contribution in [0.5, 0.6) is 0 Å². The first-order valence-corrected chi connectivity index (χ1v) is 19.1. The second-order valence-corrected chi connectivity index (χ2v) is 16.1. The molecule has 0 unspecified atom stereocenters. The number of aryl methyl sites for hydroxylation is 1. The van der Waals surface area contributed by atoms with E-state index in [-0.39, 0.29) is 5.41 Å². The number of hydrogen-bond acceptors (Lipinski definition) is 2. The van der Waals surface area contributed by atoms with E-state index >= 15 is 0 Å². The highest BCUT2D eigenvalue weighted by Crippen LogP contribution is 2.56. The van der Waals surface area contributed by atoms with E-state index in [0.29, 0.717) is 0 Å². The van der Waals surface area contributed by atoms with E-state index < -0.39 is 5.41 Å². The third kappa shape index (κ3) is 4.41. The molecule has 1 aliphatic rings. The van der Waals surface area contributed by atoms with Gasteiger partial charge in [0, 0.05) is 39.0 Å². The van der Waals surface area contributed by atoms with Crippen molar-refractivity contribution in [3.8, 4) is 22.6 Å². The van der Waals surface area contributed by atoms with Crippen LogP contribution in [0.25, 0.3) is 66.4 Å². The smallest absolute Gasteiger partial charge is 0.159 e. The summed E-state index contributed by atoms with van der Waals surface area (Å²) in [5.74, 6) is 0.878. The number of nitrogens with one attached hydrogen (secondary N) is 1. The predicted octanol–water partition coefficient (Wildman–Crippen LogP) is 12.0. The molecule has 0 saturated carbocycles. The molecule has 5 heteroatoms. The van der Waals surface area contributed by atoms with Crippen LogP contribution in [0.1, 0.15) is 54.4 Å². The Kier molecular flexibility index (Phi) is 6.58. The van der Waals surface area contributed by atoms with E-state index in [0.717, 1.165) is 56.0 Å². The minimum Gasteiger partial charge on any atom is -0.294 e. The van der Waals surface area contributed by atoms with Crippen molar-refractivity contribution in [2.45, 2.75) is 38.5 Å². The molecule has 0 amide bonds. The normalized spacial score (nSPS) is 13.6. The summed E-state index contributed by atoms with van der Waals surface area (Å²) in [6.07, 6.45) is 0. The molecule has 4 heterocycles. The number of para-hydroxylation sites is 2. The Morgan fingerprint density at radius 2 is 1.16 bits per heavy atom. The second-order valence-electron chi connectivity index (χ2n) is 16.1. The summed E-state index contributed by atoms with van der Waals surface area (Å²) in [6, 6.07) is 57.9. The van der Waals surface area contributed by atoms with Crippen LogP contribution in [-0.4, -0.2) is 24.3 Å². The lowest BCUT2D eigenvalue weighted by Gasteiger charge is -2.33. The monoisotopic (exact) mass is 709 g/mol. The number of rotatable bonds is 4. The highest BCUT2D eigenvalue weighted by molar-refractivity contribution is 6.10. The minimum atomic E-state index is -0.702. The minimum absolute atomic E-state index is 0.00437. The molecule has 11 rings (SSSR count). The predicted molar refractivity (Wildman–Crippen MR) is 226 cm³/mol. The van der Waals surface area contributed by atoms with Crippen LogP contribution in [0.15, 0.2) is 158 Å².